The van der Waals surface area contributed by atoms with Gasteiger partial charge in [0.2, 0.25) is 0 Å². The van der Waals surface area contributed by atoms with Crippen molar-refractivity contribution >= 4 is 15.9 Å². The van der Waals surface area contributed by atoms with Crippen molar-refractivity contribution < 1.29 is 0 Å². The van der Waals surface area contributed by atoms with Crippen molar-refractivity contribution in [3.63, 3.8) is 0 Å². The van der Waals surface area contributed by atoms with Crippen LogP contribution in [0.4, 0.5) is 0 Å². The number of halogens is 1. The molecule has 94 valence electrons. The van der Waals surface area contributed by atoms with E-state index in [1.807, 2.05) is 0 Å². The van der Waals surface area contributed by atoms with Crippen LogP contribution < -0.4 is 0 Å². The van der Waals surface area contributed by atoms with Gasteiger partial charge in [-0.05, 0) is 48.1 Å². The number of hydrogen-bond donors (Lipinski definition) is 0. The summed E-state index contributed by atoms with van der Waals surface area (Å²) in [4.78, 5) is 0.531. The summed E-state index contributed by atoms with van der Waals surface area (Å²) >= 11 is 3.87. The lowest BCUT2D eigenvalue weighted by Crippen LogP contribution is -2.05. The molecule has 17 heavy (non-hydrogen) atoms. The molecule has 0 aromatic heterocycles. The Hall–Kier alpha value is -0.300. The zero-order chi connectivity index (χ0) is 12.4. The molecule has 2 unspecified atom stereocenters. The fraction of sp³-hybridized carbons (Fsp3) is 0.625. The molecule has 2 atom stereocenters. The second kappa shape index (κ2) is 5.56. The van der Waals surface area contributed by atoms with E-state index in [1.54, 1.807) is 0 Å². The third-order valence-corrected chi connectivity index (χ3v) is 5.13. The first-order valence-corrected chi connectivity index (χ1v) is 7.72. The van der Waals surface area contributed by atoms with Gasteiger partial charge in [0.25, 0.3) is 0 Å². The minimum Gasteiger partial charge on any atom is -0.0836 e. The fourth-order valence-corrected chi connectivity index (χ4v) is 3.21. The van der Waals surface area contributed by atoms with Crippen LogP contribution in [0.15, 0.2) is 24.3 Å². The molecule has 0 radical (unpaired) electrons. The Morgan fingerprint density at radius 3 is 2.18 bits per heavy atom. The van der Waals surface area contributed by atoms with Gasteiger partial charge in [0.1, 0.15) is 0 Å². The second-order valence-electron chi connectivity index (χ2n) is 5.94. The van der Waals surface area contributed by atoms with Gasteiger partial charge in [-0.3, -0.25) is 0 Å². The summed E-state index contributed by atoms with van der Waals surface area (Å²) in [5, 5.41) is 0. The molecule has 0 nitrogen and oxygen atoms in total. The summed E-state index contributed by atoms with van der Waals surface area (Å²) in [6, 6.07) is 9.19. The lowest BCUT2D eigenvalue weighted by atomic mass is 9.94. The largest absolute Gasteiger partial charge is 0.0836 e. The Morgan fingerprint density at radius 1 is 1.12 bits per heavy atom. The van der Waals surface area contributed by atoms with Gasteiger partial charge in [-0.2, -0.15) is 0 Å². The van der Waals surface area contributed by atoms with Crippen LogP contribution in [0, 0.1) is 17.8 Å². The summed E-state index contributed by atoms with van der Waals surface area (Å²) in [7, 11) is 0. The molecule has 0 spiro atoms. The molecule has 0 saturated heterocycles. The first kappa shape index (κ1) is 13.1. The van der Waals surface area contributed by atoms with E-state index < -0.39 is 0 Å². The van der Waals surface area contributed by atoms with E-state index in [1.165, 1.54) is 30.4 Å². The Morgan fingerprint density at radius 2 is 1.71 bits per heavy atom. The van der Waals surface area contributed by atoms with E-state index in [2.05, 4.69) is 61.0 Å². The molecule has 1 aromatic carbocycles. The highest BCUT2D eigenvalue weighted by molar-refractivity contribution is 9.09. The van der Waals surface area contributed by atoms with Crippen molar-refractivity contribution in [2.24, 2.45) is 17.8 Å². The average Bonchev–Trinajstić information content (AvgIpc) is 3.11. The molecule has 1 saturated carbocycles. The molecule has 1 aliphatic rings. The van der Waals surface area contributed by atoms with Crippen molar-refractivity contribution in [2.45, 2.75) is 44.9 Å². The van der Waals surface area contributed by atoms with Gasteiger partial charge in [0.15, 0.2) is 0 Å². The molecule has 0 amide bonds. The molecular formula is C16H23Br. The lowest BCUT2D eigenvalue weighted by molar-refractivity contribution is 0.503. The van der Waals surface area contributed by atoms with Crippen LogP contribution in [-0.2, 0) is 6.42 Å². The zero-order valence-corrected chi connectivity index (χ0v) is 12.7. The van der Waals surface area contributed by atoms with Crippen LogP contribution >= 0.6 is 15.9 Å². The highest BCUT2D eigenvalue weighted by atomic mass is 79.9. The quantitative estimate of drug-likeness (QED) is 0.641. The molecule has 0 aliphatic heterocycles. The summed E-state index contributed by atoms with van der Waals surface area (Å²) in [6.07, 6.45) is 4.04. The summed E-state index contributed by atoms with van der Waals surface area (Å²) < 4.78 is 0. The van der Waals surface area contributed by atoms with Gasteiger partial charge in [0.05, 0.1) is 0 Å². The predicted molar refractivity (Wildman–Crippen MR) is 78.5 cm³/mol. The number of alkyl halides is 1. The maximum atomic E-state index is 3.87. The van der Waals surface area contributed by atoms with Gasteiger partial charge in [-0.15, -0.1) is 0 Å². The van der Waals surface area contributed by atoms with E-state index in [0.717, 1.165) is 17.8 Å². The Bertz CT molecular complexity index is 348. The van der Waals surface area contributed by atoms with Crippen LogP contribution in [-0.4, -0.2) is 0 Å². The molecule has 1 aromatic rings. The van der Waals surface area contributed by atoms with Crippen molar-refractivity contribution in [1.29, 1.82) is 0 Å². The van der Waals surface area contributed by atoms with Gasteiger partial charge in [-0.1, -0.05) is 61.0 Å². The second-order valence-corrected chi connectivity index (χ2v) is 6.92. The van der Waals surface area contributed by atoms with Crippen molar-refractivity contribution in [2.75, 3.05) is 0 Å². The van der Waals surface area contributed by atoms with Crippen molar-refractivity contribution in [1.82, 2.24) is 0 Å². The first-order valence-electron chi connectivity index (χ1n) is 6.81. The average molecular weight is 295 g/mol. The van der Waals surface area contributed by atoms with E-state index in [9.17, 15) is 0 Å². The van der Waals surface area contributed by atoms with Crippen LogP contribution in [0.25, 0.3) is 0 Å². The van der Waals surface area contributed by atoms with Crippen LogP contribution in [0.1, 0.15) is 49.6 Å². The highest BCUT2D eigenvalue weighted by Gasteiger charge is 2.32. The van der Waals surface area contributed by atoms with Crippen LogP contribution in [0.5, 0.6) is 0 Å². The van der Waals surface area contributed by atoms with Gasteiger partial charge in [0, 0.05) is 4.83 Å². The topological polar surface area (TPSA) is 0 Å². The number of benzene rings is 1. The fourth-order valence-electron chi connectivity index (χ4n) is 2.47. The molecule has 1 fully saturated rings. The highest BCUT2D eigenvalue weighted by Crippen LogP contribution is 2.46. The molecule has 1 heteroatoms. The molecule has 0 heterocycles. The molecule has 2 rings (SSSR count). The standard InChI is InChI=1S/C16H23Br/c1-11(2)10-13-4-6-15(7-5-13)16(17)12(3)14-8-9-14/h4-7,11-12,14,16H,8-10H2,1-3H3. The van der Waals surface area contributed by atoms with E-state index in [-0.39, 0.29) is 0 Å². The minimum atomic E-state index is 0.531. The molecule has 1 aliphatic carbocycles. The van der Waals surface area contributed by atoms with Gasteiger partial charge < -0.3 is 0 Å². The predicted octanol–water partition coefficient (Wildman–Crippen LogP) is 5.37. The number of hydrogen-bond acceptors (Lipinski definition) is 0. The van der Waals surface area contributed by atoms with E-state index in [4.69, 9.17) is 0 Å². The van der Waals surface area contributed by atoms with Crippen molar-refractivity contribution in [3.05, 3.63) is 35.4 Å². The third kappa shape index (κ3) is 3.58. The Labute approximate surface area is 114 Å². The SMILES string of the molecule is CC(C)Cc1ccc(C(Br)C(C)C2CC2)cc1. The van der Waals surface area contributed by atoms with Crippen LogP contribution in [0.3, 0.4) is 0 Å². The van der Waals surface area contributed by atoms with E-state index in [0.29, 0.717) is 4.83 Å². The number of rotatable bonds is 5. The van der Waals surface area contributed by atoms with Crippen LogP contribution in [0.2, 0.25) is 0 Å². The zero-order valence-electron chi connectivity index (χ0n) is 11.1. The monoisotopic (exact) mass is 294 g/mol. The van der Waals surface area contributed by atoms with Gasteiger partial charge >= 0.3 is 0 Å². The molecule has 0 N–H and O–H groups in total. The van der Waals surface area contributed by atoms with Gasteiger partial charge in [-0.25, -0.2) is 0 Å². The minimum absolute atomic E-state index is 0.531. The summed E-state index contributed by atoms with van der Waals surface area (Å²) in [6.45, 7) is 6.92. The summed E-state index contributed by atoms with van der Waals surface area (Å²) in [5.74, 6) is 2.46. The Kier molecular flexibility index (Phi) is 4.30. The maximum absolute atomic E-state index is 3.87. The molecular weight excluding hydrogens is 272 g/mol. The lowest BCUT2D eigenvalue weighted by Gasteiger charge is -2.18. The van der Waals surface area contributed by atoms with Crippen molar-refractivity contribution in [3.8, 4) is 0 Å². The first-order chi connectivity index (χ1) is 8.08. The normalized spacial score (nSPS) is 19.4. The smallest absolute Gasteiger partial charge is 0.0423 e. The molecule has 0 bridgehead atoms. The maximum Gasteiger partial charge on any atom is 0.0423 e. The van der Waals surface area contributed by atoms with E-state index >= 15 is 0 Å². The Balaban J connectivity index is 2.01. The third-order valence-electron chi connectivity index (χ3n) is 3.77. The summed E-state index contributed by atoms with van der Waals surface area (Å²) in [5.41, 5.74) is 2.90.